The van der Waals surface area contributed by atoms with Gasteiger partial charge in [-0.05, 0) is 17.7 Å². The molecule has 2 heterocycles. The maximum Gasteiger partial charge on any atom is 0.253 e. The molecule has 1 saturated heterocycles. The number of hydrogen-bond acceptors (Lipinski definition) is 6. The summed E-state index contributed by atoms with van der Waals surface area (Å²) in [5, 5.41) is 5.46. The molecule has 0 bridgehead atoms. The van der Waals surface area contributed by atoms with Crippen LogP contribution in [-0.4, -0.2) is 66.5 Å². The van der Waals surface area contributed by atoms with Gasteiger partial charge in [0.25, 0.3) is 11.8 Å². The Morgan fingerprint density at radius 3 is 2.45 bits per heavy atom. The highest BCUT2D eigenvalue weighted by Gasteiger charge is 2.50. The van der Waals surface area contributed by atoms with E-state index in [0.29, 0.717) is 25.1 Å². The second kappa shape index (κ2) is 10.0. The molecule has 9 nitrogen and oxygen atoms in total. The zero-order valence-corrected chi connectivity index (χ0v) is 17.6. The summed E-state index contributed by atoms with van der Waals surface area (Å²) in [7, 11) is 3.26. The van der Waals surface area contributed by atoms with Gasteiger partial charge in [-0.15, -0.1) is 0 Å². The number of rotatable bonds is 9. The van der Waals surface area contributed by atoms with Crippen LogP contribution in [0.4, 0.5) is 5.69 Å². The minimum Gasteiger partial charge on any atom is -0.397 e. The van der Waals surface area contributed by atoms with Crippen molar-refractivity contribution in [1.29, 1.82) is 0 Å². The normalized spacial score (nSPS) is 18.0. The Kier molecular flexibility index (Phi) is 7.19. The number of likely N-dealkylation sites (N-methyl/N-ethyl adjacent to an activating group) is 1. The fraction of sp³-hybridized carbons (Fsp3) is 0.364. The topological polar surface area (TPSA) is 130 Å². The van der Waals surface area contributed by atoms with Gasteiger partial charge in [0.05, 0.1) is 11.9 Å². The number of ether oxygens (including phenoxy) is 1. The molecule has 3 amide bonds. The van der Waals surface area contributed by atoms with E-state index in [1.54, 1.807) is 32.4 Å². The third kappa shape index (κ3) is 6.26. The lowest BCUT2D eigenvalue weighted by molar-refractivity contribution is -0.134. The predicted octanol–water partition coefficient (Wildman–Crippen LogP) is -0.0944. The van der Waals surface area contributed by atoms with Crippen LogP contribution in [0.5, 0.6) is 0 Å². The number of nitrogen functional groups attached to an aromatic ring is 1. The third-order valence-electron chi connectivity index (χ3n) is 4.87. The quantitative estimate of drug-likeness (QED) is 0.481. The number of hydrogen-bond donors (Lipinski definition) is 3. The van der Waals surface area contributed by atoms with Crippen LogP contribution in [0.25, 0.3) is 0 Å². The van der Waals surface area contributed by atoms with E-state index in [9.17, 15) is 14.4 Å². The first kappa shape index (κ1) is 22.2. The van der Waals surface area contributed by atoms with E-state index in [2.05, 4.69) is 15.6 Å². The van der Waals surface area contributed by atoms with Gasteiger partial charge in [-0.1, -0.05) is 30.3 Å². The zero-order chi connectivity index (χ0) is 22.4. The minimum atomic E-state index is -0.900. The largest absolute Gasteiger partial charge is 0.397 e. The molecule has 1 aromatic carbocycles. The lowest BCUT2D eigenvalue weighted by atomic mass is 10.0. The molecule has 1 aromatic heterocycles. The Bertz CT molecular complexity index is 917. The molecule has 3 rings (SSSR count). The summed E-state index contributed by atoms with van der Waals surface area (Å²) in [5.41, 5.74) is 7.89. The van der Waals surface area contributed by atoms with Crippen molar-refractivity contribution in [2.75, 3.05) is 26.4 Å². The van der Waals surface area contributed by atoms with Gasteiger partial charge in [-0.2, -0.15) is 0 Å². The van der Waals surface area contributed by atoms with Gasteiger partial charge in [0.1, 0.15) is 6.04 Å². The number of amides is 3. The average Bonchev–Trinajstić information content (AvgIpc) is 3.56. The fourth-order valence-electron chi connectivity index (χ4n) is 3.12. The number of anilines is 1. The summed E-state index contributed by atoms with van der Waals surface area (Å²) >= 11 is 0. The van der Waals surface area contributed by atoms with Crippen LogP contribution < -0.4 is 16.4 Å². The highest BCUT2D eigenvalue weighted by molar-refractivity contribution is 5.97. The maximum absolute atomic E-state index is 12.6. The van der Waals surface area contributed by atoms with E-state index in [1.165, 1.54) is 4.90 Å². The highest BCUT2D eigenvalue weighted by atomic mass is 16.6. The third-order valence-corrected chi connectivity index (χ3v) is 4.87. The van der Waals surface area contributed by atoms with Crippen LogP contribution in [0.1, 0.15) is 11.3 Å². The van der Waals surface area contributed by atoms with Gasteiger partial charge in [0.2, 0.25) is 5.91 Å². The molecule has 0 spiro atoms. The summed E-state index contributed by atoms with van der Waals surface area (Å²) in [4.78, 5) is 42.9. The summed E-state index contributed by atoms with van der Waals surface area (Å²) in [6.45, 7) is 0.361. The van der Waals surface area contributed by atoms with Crippen LogP contribution in [0.15, 0.2) is 48.7 Å². The number of nitrogens with two attached hydrogens (primary N) is 1. The Labute approximate surface area is 181 Å². The van der Waals surface area contributed by atoms with Gasteiger partial charge >= 0.3 is 0 Å². The molecule has 2 aromatic rings. The van der Waals surface area contributed by atoms with Crippen molar-refractivity contribution in [2.24, 2.45) is 0 Å². The molecule has 3 atom stereocenters. The number of carbonyl (C=O) groups excluding carboxylic acids is 3. The SMILES string of the molecule is CN(C)C(=O)[C@H](Cc1ccccc1)NC(=O)C1OC1C(=O)NCCc1ccc(N)cn1. The van der Waals surface area contributed by atoms with Gasteiger partial charge in [-0.3, -0.25) is 19.4 Å². The molecule has 164 valence electrons. The molecular formula is C22H27N5O4. The molecule has 0 saturated carbocycles. The lowest BCUT2D eigenvalue weighted by Gasteiger charge is -2.21. The summed E-state index contributed by atoms with van der Waals surface area (Å²) in [6, 6.07) is 12.2. The summed E-state index contributed by atoms with van der Waals surface area (Å²) in [6.07, 6.45) is 0.685. The number of aromatic nitrogens is 1. The lowest BCUT2D eigenvalue weighted by Crippen LogP contribution is -2.49. The standard InChI is InChI=1S/C22H27N5O4/c1-27(2)22(30)17(12-14-6-4-3-5-7-14)26-21(29)19-18(31-19)20(28)24-11-10-16-9-8-15(23)13-25-16/h3-9,13,17-19H,10-12,23H2,1-2H3,(H,24,28)(H,26,29)/t17-,18?,19?/m0/s1. The van der Waals surface area contributed by atoms with Crippen LogP contribution in [-0.2, 0) is 32.0 Å². The first-order chi connectivity index (χ1) is 14.8. The average molecular weight is 425 g/mol. The number of pyridine rings is 1. The zero-order valence-electron chi connectivity index (χ0n) is 17.6. The molecule has 0 radical (unpaired) electrons. The van der Waals surface area contributed by atoms with E-state index in [4.69, 9.17) is 10.5 Å². The van der Waals surface area contributed by atoms with Crippen molar-refractivity contribution in [3.63, 3.8) is 0 Å². The van der Waals surface area contributed by atoms with E-state index in [1.807, 2.05) is 30.3 Å². The smallest absolute Gasteiger partial charge is 0.253 e. The van der Waals surface area contributed by atoms with Crippen molar-refractivity contribution in [3.8, 4) is 0 Å². The van der Waals surface area contributed by atoms with Crippen molar-refractivity contribution in [1.82, 2.24) is 20.5 Å². The minimum absolute atomic E-state index is 0.227. The van der Waals surface area contributed by atoms with Crippen LogP contribution in [0.3, 0.4) is 0 Å². The number of epoxide rings is 1. The van der Waals surface area contributed by atoms with Crippen LogP contribution in [0.2, 0.25) is 0 Å². The summed E-state index contributed by atoms with van der Waals surface area (Å²) in [5.74, 6) is -1.07. The Balaban J connectivity index is 1.49. The number of nitrogens with zero attached hydrogens (tertiary/aromatic N) is 2. The van der Waals surface area contributed by atoms with Gasteiger partial charge in [0.15, 0.2) is 12.2 Å². The molecule has 31 heavy (non-hydrogen) atoms. The number of nitrogens with one attached hydrogen (secondary N) is 2. The number of carbonyl (C=O) groups is 3. The van der Waals surface area contributed by atoms with Gasteiger partial charge in [-0.25, -0.2) is 0 Å². The van der Waals surface area contributed by atoms with Crippen molar-refractivity contribution in [3.05, 3.63) is 59.9 Å². The Morgan fingerprint density at radius 1 is 1.10 bits per heavy atom. The second-order valence-corrected chi connectivity index (χ2v) is 7.58. The molecule has 0 aliphatic carbocycles. The maximum atomic E-state index is 12.6. The monoisotopic (exact) mass is 425 g/mol. The predicted molar refractivity (Wildman–Crippen MR) is 115 cm³/mol. The number of benzene rings is 1. The van der Waals surface area contributed by atoms with E-state index in [-0.39, 0.29) is 11.8 Å². The van der Waals surface area contributed by atoms with Crippen molar-refractivity contribution < 1.29 is 19.1 Å². The molecule has 2 unspecified atom stereocenters. The molecule has 1 aliphatic rings. The molecule has 4 N–H and O–H groups in total. The van der Waals surface area contributed by atoms with Crippen molar-refractivity contribution >= 4 is 23.4 Å². The van der Waals surface area contributed by atoms with E-state index in [0.717, 1.165) is 11.3 Å². The summed E-state index contributed by atoms with van der Waals surface area (Å²) < 4.78 is 5.27. The first-order valence-electron chi connectivity index (χ1n) is 10.0. The first-order valence-corrected chi connectivity index (χ1v) is 10.0. The van der Waals surface area contributed by atoms with Crippen LogP contribution in [0, 0.1) is 0 Å². The molecular weight excluding hydrogens is 398 g/mol. The van der Waals surface area contributed by atoms with E-state index >= 15 is 0 Å². The second-order valence-electron chi connectivity index (χ2n) is 7.58. The van der Waals surface area contributed by atoms with E-state index < -0.39 is 24.2 Å². The van der Waals surface area contributed by atoms with Gasteiger partial charge in [0, 0.05) is 39.2 Å². The molecule has 1 aliphatic heterocycles. The highest BCUT2D eigenvalue weighted by Crippen LogP contribution is 2.23. The van der Waals surface area contributed by atoms with Crippen molar-refractivity contribution in [2.45, 2.75) is 31.1 Å². The molecule has 1 fully saturated rings. The Hall–Kier alpha value is -3.46. The molecule has 9 heteroatoms. The van der Waals surface area contributed by atoms with Gasteiger partial charge < -0.3 is 26.0 Å². The Morgan fingerprint density at radius 2 is 1.81 bits per heavy atom. The fourth-order valence-corrected chi connectivity index (χ4v) is 3.12. The van der Waals surface area contributed by atoms with Crippen LogP contribution >= 0.6 is 0 Å².